The molecule has 0 bridgehead atoms. The molecule has 68 valence electrons. The molecule has 5 N–H and O–H groups in total. The highest BCUT2D eigenvalue weighted by Gasteiger charge is 1.97. The zero-order valence-electron chi connectivity index (χ0n) is 7.21. The number of primary amides is 1. The van der Waals surface area contributed by atoms with Crippen molar-refractivity contribution in [2.45, 2.75) is 32.8 Å². The van der Waals surface area contributed by atoms with Crippen LogP contribution in [0.1, 0.15) is 26.7 Å². The van der Waals surface area contributed by atoms with Crippen LogP contribution in [0.4, 0.5) is 0 Å². The standard InChI is InChI=1S/C4H9NO2.C3H9N/c1-3(6)2-4(5)7;1-2-3-4/h3,6H,2H2,1H3,(H2,5,7);2-4H2,1H3/t3-;/m1./s1. The third kappa shape index (κ3) is 26.6. The zero-order chi connectivity index (χ0) is 9.28. The van der Waals surface area contributed by atoms with E-state index in [4.69, 9.17) is 16.6 Å². The highest BCUT2D eigenvalue weighted by Crippen LogP contribution is 1.84. The van der Waals surface area contributed by atoms with Gasteiger partial charge in [0.2, 0.25) is 5.91 Å². The molecule has 0 radical (unpaired) electrons. The van der Waals surface area contributed by atoms with Gasteiger partial charge in [-0.05, 0) is 19.9 Å². The van der Waals surface area contributed by atoms with Crippen LogP contribution in [0.25, 0.3) is 0 Å². The summed E-state index contributed by atoms with van der Waals surface area (Å²) in [4.78, 5) is 9.87. The monoisotopic (exact) mass is 162 g/mol. The van der Waals surface area contributed by atoms with Crippen LogP contribution in [0, 0.1) is 0 Å². The van der Waals surface area contributed by atoms with Crippen molar-refractivity contribution in [3.63, 3.8) is 0 Å². The molecule has 0 aromatic heterocycles. The predicted octanol–water partition coefficient (Wildman–Crippen LogP) is -0.402. The first-order valence-electron chi connectivity index (χ1n) is 3.71. The Hall–Kier alpha value is -0.610. The highest BCUT2D eigenvalue weighted by molar-refractivity contribution is 5.74. The second-order valence-electron chi connectivity index (χ2n) is 2.31. The number of hydrogen-bond acceptors (Lipinski definition) is 3. The number of rotatable bonds is 3. The minimum atomic E-state index is -0.600. The number of aliphatic hydroxyl groups is 1. The Morgan fingerprint density at radius 1 is 1.64 bits per heavy atom. The molecule has 0 heterocycles. The molecule has 0 aliphatic heterocycles. The number of nitrogens with two attached hydrogens (primary N) is 2. The van der Waals surface area contributed by atoms with Crippen molar-refractivity contribution >= 4 is 5.91 Å². The van der Waals surface area contributed by atoms with Crippen LogP contribution in [-0.4, -0.2) is 23.7 Å². The summed E-state index contributed by atoms with van der Waals surface area (Å²) in [6, 6.07) is 0. The van der Waals surface area contributed by atoms with E-state index in [2.05, 4.69) is 6.92 Å². The van der Waals surface area contributed by atoms with Crippen molar-refractivity contribution in [3.05, 3.63) is 0 Å². The third-order valence-corrected chi connectivity index (χ3v) is 0.785. The molecule has 0 spiro atoms. The van der Waals surface area contributed by atoms with Crippen LogP contribution in [0.3, 0.4) is 0 Å². The van der Waals surface area contributed by atoms with E-state index in [1.165, 1.54) is 6.92 Å². The summed E-state index contributed by atoms with van der Waals surface area (Å²) < 4.78 is 0. The van der Waals surface area contributed by atoms with E-state index in [1.807, 2.05) is 0 Å². The van der Waals surface area contributed by atoms with Crippen LogP contribution >= 0.6 is 0 Å². The van der Waals surface area contributed by atoms with Gasteiger partial charge in [-0.1, -0.05) is 6.92 Å². The summed E-state index contributed by atoms with van der Waals surface area (Å²) in [5.41, 5.74) is 9.72. The molecule has 0 aliphatic carbocycles. The highest BCUT2D eigenvalue weighted by atomic mass is 16.3. The van der Waals surface area contributed by atoms with Gasteiger partial charge < -0.3 is 16.6 Å². The quantitative estimate of drug-likeness (QED) is 0.527. The van der Waals surface area contributed by atoms with E-state index in [9.17, 15) is 4.79 Å². The maximum absolute atomic E-state index is 9.87. The molecule has 11 heavy (non-hydrogen) atoms. The fourth-order valence-electron chi connectivity index (χ4n) is 0.291. The van der Waals surface area contributed by atoms with Crippen molar-refractivity contribution in [1.29, 1.82) is 0 Å². The Balaban J connectivity index is 0. The maximum atomic E-state index is 9.87. The largest absolute Gasteiger partial charge is 0.393 e. The topological polar surface area (TPSA) is 89.3 Å². The summed E-state index contributed by atoms with van der Waals surface area (Å²) in [6.45, 7) is 4.39. The van der Waals surface area contributed by atoms with E-state index in [0.717, 1.165) is 13.0 Å². The molecule has 0 rings (SSSR count). The van der Waals surface area contributed by atoms with Gasteiger partial charge in [0.15, 0.2) is 0 Å². The number of carbonyl (C=O) groups excluding carboxylic acids is 1. The van der Waals surface area contributed by atoms with Crippen LogP contribution < -0.4 is 11.5 Å². The molecule has 0 saturated heterocycles. The molecule has 0 aliphatic rings. The van der Waals surface area contributed by atoms with Gasteiger partial charge in [-0.3, -0.25) is 4.79 Å². The summed E-state index contributed by atoms with van der Waals surface area (Å²) in [5, 5.41) is 8.42. The van der Waals surface area contributed by atoms with Crippen LogP contribution in [0.5, 0.6) is 0 Å². The van der Waals surface area contributed by atoms with Crippen LogP contribution in [0.2, 0.25) is 0 Å². The number of amides is 1. The first-order chi connectivity index (χ1) is 5.04. The minimum Gasteiger partial charge on any atom is -0.393 e. The molecule has 1 atom stereocenters. The van der Waals surface area contributed by atoms with Crippen LogP contribution in [0.15, 0.2) is 0 Å². The lowest BCUT2D eigenvalue weighted by atomic mass is 10.3. The van der Waals surface area contributed by atoms with E-state index in [1.54, 1.807) is 0 Å². The molecule has 4 heteroatoms. The molecule has 0 saturated carbocycles. The summed E-state index contributed by atoms with van der Waals surface area (Å²) in [5.74, 6) is -0.463. The predicted molar refractivity (Wildman–Crippen MR) is 44.8 cm³/mol. The van der Waals surface area contributed by atoms with Crippen LogP contribution in [-0.2, 0) is 4.79 Å². The van der Waals surface area contributed by atoms with E-state index < -0.39 is 12.0 Å². The van der Waals surface area contributed by atoms with E-state index >= 15 is 0 Å². The van der Waals surface area contributed by atoms with E-state index in [0.29, 0.717) is 0 Å². The first-order valence-corrected chi connectivity index (χ1v) is 3.71. The molecule has 0 aromatic rings. The molecule has 1 amide bonds. The van der Waals surface area contributed by atoms with Gasteiger partial charge in [-0.2, -0.15) is 0 Å². The molecule has 0 unspecified atom stereocenters. The molecule has 0 aromatic carbocycles. The Labute approximate surface area is 67.6 Å². The fraction of sp³-hybridized carbons (Fsp3) is 0.857. The Morgan fingerprint density at radius 2 is 2.00 bits per heavy atom. The lowest BCUT2D eigenvalue weighted by molar-refractivity contribution is -0.119. The number of carbonyl (C=O) groups is 1. The molecular weight excluding hydrogens is 144 g/mol. The first kappa shape index (κ1) is 13.0. The summed E-state index contributed by atoms with van der Waals surface area (Å²) in [6.07, 6.45) is 0.553. The molecule has 0 fully saturated rings. The van der Waals surface area contributed by atoms with Gasteiger partial charge in [0.1, 0.15) is 0 Å². The fourth-order valence-corrected chi connectivity index (χ4v) is 0.291. The van der Waals surface area contributed by atoms with Crippen molar-refractivity contribution in [2.24, 2.45) is 11.5 Å². The van der Waals surface area contributed by atoms with Gasteiger partial charge >= 0.3 is 0 Å². The van der Waals surface area contributed by atoms with E-state index in [-0.39, 0.29) is 6.42 Å². The SMILES string of the molecule is CCCN.C[C@@H](O)CC(N)=O. The Bertz CT molecular complexity index is 92.4. The lowest BCUT2D eigenvalue weighted by Gasteiger charge is -1.95. The van der Waals surface area contributed by atoms with Crippen molar-refractivity contribution in [3.8, 4) is 0 Å². The Morgan fingerprint density at radius 3 is 2.00 bits per heavy atom. The molecule has 4 nitrogen and oxygen atoms in total. The van der Waals surface area contributed by atoms with Gasteiger partial charge in [0, 0.05) is 0 Å². The summed E-state index contributed by atoms with van der Waals surface area (Å²) >= 11 is 0. The molecular formula is C7H18N2O2. The second kappa shape index (κ2) is 9.39. The zero-order valence-corrected chi connectivity index (χ0v) is 7.21. The normalized spacial score (nSPS) is 11.3. The Kier molecular flexibility index (Phi) is 11.1. The third-order valence-electron chi connectivity index (χ3n) is 0.785. The van der Waals surface area contributed by atoms with Crippen molar-refractivity contribution in [1.82, 2.24) is 0 Å². The average molecular weight is 162 g/mol. The van der Waals surface area contributed by atoms with Crippen molar-refractivity contribution < 1.29 is 9.90 Å². The summed E-state index contributed by atoms with van der Waals surface area (Å²) in [7, 11) is 0. The lowest BCUT2D eigenvalue weighted by Crippen LogP contribution is -2.16. The van der Waals surface area contributed by atoms with Gasteiger partial charge in [-0.25, -0.2) is 0 Å². The second-order valence-corrected chi connectivity index (χ2v) is 2.31. The maximum Gasteiger partial charge on any atom is 0.220 e. The van der Waals surface area contributed by atoms with Gasteiger partial charge in [0.05, 0.1) is 12.5 Å². The van der Waals surface area contributed by atoms with Crippen molar-refractivity contribution in [2.75, 3.05) is 6.54 Å². The van der Waals surface area contributed by atoms with Gasteiger partial charge in [-0.15, -0.1) is 0 Å². The number of aliphatic hydroxyl groups excluding tert-OH is 1. The van der Waals surface area contributed by atoms with Gasteiger partial charge in [0.25, 0.3) is 0 Å². The number of hydrogen-bond donors (Lipinski definition) is 3. The smallest absolute Gasteiger partial charge is 0.220 e. The average Bonchev–Trinajstić information content (AvgIpc) is 1.85. The minimum absolute atomic E-state index is 0.0556.